The summed E-state index contributed by atoms with van der Waals surface area (Å²) in [6.45, 7) is 3.54. The third kappa shape index (κ3) is 3.35. The van der Waals surface area contributed by atoms with Crippen molar-refractivity contribution in [3.63, 3.8) is 0 Å². The maximum atomic E-state index is 10.9. The highest BCUT2D eigenvalue weighted by molar-refractivity contribution is 7.90. The van der Waals surface area contributed by atoms with Crippen molar-refractivity contribution < 1.29 is 8.42 Å². The van der Waals surface area contributed by atoms with Crippen LogP contribution in [0.1, 0.15) is 11.6 Å². The van der Waals surface area contributed by atoms with Crippen molar-refractivity contribution in [1.82, 2.24) is 0 Å². The van der Waals surface area contributed by atoms with Gasteiger partial charge in [0.2, 0.25) is 0 Å². The number of benzene rings is 1. The standard InChI is InChI=1S/C9H13N3O2S/c1-2-8(10)7-5-3-4-6-9(7)12-15(11,13)14/h2-6,8,12H,1,10H2,(H2,11,13,14). The van der Waals surface area contributed by atoms with Gasteiger partial charge in [-0.3, -0.25) is 4.72 Å². The van der Waals surface area contributed by atoms with E-state index in [1.165, 1.54) is 6.08 Å². The van der Waals surface area contributed by atoms with Crippen LogP contribution in [0.15, 0.2) is 36.9 Å². The van der Waals surface area contributed by atoms with E-state index >= 15 is 0 Å². The van der Waals surface area contributed by atoms with Crippen molar-refractivity contribution in [1.29, 1.82) is 0 Å². The third-order valence-corrected chi connectivity index (χ3v) is 2.33. The Labute approximate surface area is 89.0 Å². The van der Waals surface area contributed by atoms with Gasteiger partial charge in [0.15, 0.2) is 0 Å². The molecule has 1 aromatic rings. The number of nitrogens with one attached hydrogen (secondary N) is 1. The van der Waals surface area contributed by atoms with Crippen LogP contribution >= 0.6 is 0 Å². The minimum absolute atomic E-state index is 0.368. The molecule has 6 heteroatoms. The zero-order valence-corrected chi connectivity index (χ0v) is 8.87. The van der Waals surface area contributed by atoms with Gasteiger partial charge < -0.3 is 5.73 Å². The average Bonchev–Trinajstić information content (AvgIpc) is 2.15. The van der Waals surface area contributed by atoms with Crippen LogP contribution < -0.4 is 15.6 Å². The molecule has 0 heterocycles. The second-order valence-corrected chi connectivity index (χ2v) is 4.29. The Kier molecular flexibility index (Phi) is 3.46. The minimum atomic E-state index is -3.78. The van der Waals surface area contributed by atoms with Crippen LogP contribution in [0.2, 0.25) is 0 Å². The van der Waals surface area contributed by atoms with E-state index < -0.39 is 16.3 Å². The molecule has 0 aliphatic heterocycles. The number of nitrogens with two attached hydrogens (primary N) is 2. The molecule has 1 atom stereocenters. The number of hydrogen-bond donors (Lipinski definition) is 3. The molecule has 1 aromatic carbocycles. The van der Waals surface area contributed by atoms with Crippen molar-refractivity contribution in [2.24, 2.45) is 10.9 Å². The van der Waals surface area contributed by atoms with Gasteiger partial charge in [0.05, 0.1) is 5.69 Å². The quantitative estimate of drug-likeness (QED) is 0.653. The molecule has 0 bridgehead atoms. The van der Waals surface area contributed by atoms with Gasteiger partial charge in [-0.05, 0) is 11.6 Å². The molecule has 0 aromatic heterocycles. The molecule has 0 amide bonds. The predicted molar refractivity (Wildman–Crippen MR) is 60.3 cm³/mol. The highest BCUT2D eigenvalue weighted by Crippen LogP contribution is 2.21. The molecule has 82 valence electrons. The van der Waals surface area contributed by atoms with Crippen LogP contribution in [0.5, 0.6) is 0 Å². The summed E-state index contributed by atoms with van der Waals surface area (Å²) in [5.41, 5.74) is 6.71. The Bertz CT molecular complexity index is 456. The van der Waals surface area contributed by atoms with Crippen LogP contribution in [-0.2, 0) is 10.2 Å². The molecule has 5 nitrogen and oxygen atoms in total. The summed E-state index contributed by atoms with van der Waals surface area (Å²) >= 11 is 0. The van der Waals surface area contributed by atoms with E-state index in [1.807, 2.05) is 0 Å². The zero-order valence-electron chi connectivity index (χ0n) is 8.05. The van der Waals surface area contributed by atoms with Gasteiger partial charge in [0.25, 0.3) is 10.2 Å². The Hall–Kier alpha value is -1.37. The molecule has 0 spiro atoms. The Balaban J connectivity index is 3.12. The molecule has 0 radical (unpaired) electrons. The monoisotopic (exact) mass is 227 g/mol. The van der Waals surface area contributed by atoms with Crippen LogP contribution in [0, 0.1) is 0 Å². The van der Waals surface area contributed by atoms with Gasteiger partial charge in [0, 0.05) is 6.04 Å². The smallest absolute Gasteiger partial charge is 0.296 e. The fourth-order valence-corrected chi connectivity index (χ4v) is 1.65. The van der Waals surface area contributed by atoms with E-state index in [9.17, 15) is 8.42 Å². The fraction of sp³-hybridized carbons (Fsp3) is 0.111. The summed E-state index contributed by atoms with van der Waals surface area (Å²) in [7, 11) is -3.78. The Morgan fingerprint density at radius 2 is 2.00 bits per heavy atom. The van der Waals surface area contributed by atoms with Gasteiger partial charge in [-0.1, -0.05) is 24.3 Å². The lowest BCUT2D eigenvalue weighted by Gasteiger charge is -2.13. The lowest BCUT2D eigenvalue weighted by Crippen LogP contribution is -2.23. The molecular formula is C9H13N3O2S. The third-order valence-electron chi connectivity index (χ3n) is 1.83. The normalized spacial score (nSPS) is 13.2. The predicted octanol–water partition coefficient (Wildman–Crippen LogP) is 0.488. The molecule has 0 aliphatic rings. The van der Waals surface area contributed by atoms with Gasteiger partial charge in [-0.15, -0.1) is 6.58 Å². The van der Waals surface area contributed by atoms with Crippen molar-refractivity contribution in [2.45, 2.75) is 6.04 Å². The second-order valence-electron chi connectivity index (χ2n) is 3.00. The Morgan fingerprint density at radius 1 is 1.40 bits per heavy atom. The molecular weight excluding hydrogens is 214 g/mol. The molecule has 1 unspecified atom stereocenters. The fourth-order valence-electron chi connectivity index (χ4n) is 1.16. The van der Waals surface area contributed by atoms with E-state index in [4.69, 9.17) is 10.9 Å². The molecule has 0 saturated carbocycles. The van der Waals surface area contributed by atoms with E-state index in [1.54, 1.807) is 24.3 Å². The summed E-state index contributed by atoms with van der Waals surface area (Å²) < 4.78 is 23.9. The van der Waals surface area contributed by atoms with Crippen LogP contribution in [-0.4, -0.2) is 8.42 Å². The first kappa shape index (κ1) is 11.7. The van der Waals surface area contributed by atoms with Gasteiger partial charge in [-0.2, -0.15) is 8.42 Å². The number of hydrogen-bond acceptors (Lipinski definition) is 3. The average molecular weight is 227 g/mol. The Morgan fingerprint density at radius 3 is 2.53 bits per heavy atom. The number of anilines is 1. The summed E-state index contributed by atoms with van der Waals surface area (Å²) in [6.07, 6.45) is 1.52. The SMILES string of the molecule is C=CC(N)c1ccccc1NS(N)(=O)=O. The summed E-state index contributed by atoms with van der Waals surface area (Å²) in [6, 6.07) is 6.30. The molecule has 1 rings (SSSR count). The van der Waals surface area contributed by atoms with Gasteiger partial charge in [0.1, 0.15) is 0 Å². The van der Waals surface area contributed by atoms with Crippen LogP contribution in [0.3, 0.4) is 0 Å². The van der Waals surface area contributed by atoms with Crippen LogP contribution in [0.25, 0.3) is 0 Å². The van der Waals surface area contributed by atoms with Gasteiger partial charge in [-0.25, -0.2) is 5.14 Å². The van der Waals surface area contributed by atoms with E-state index in [0.29, 0.717) is 11.3 Å². The summed E-state index contributed by atoms with van der Waals surface area (Å²) in [4.78, 5) is 0. The van der Waals surface area contributed by atoms with E-state index in [2.05, 4.69) is 11.3 Å². The summed E-state index contributed by atoms with van der Waals surface area (Å²) in [5, 5.41) is 4.87. The van der Waals surface area contributed by atoms with Gasteiger partial charge >= 0.3 is 0 Å². The number of para-hydroxylation sites is 1. The zero-order chi connectivity index (χ0) is 11.5. The first-order valence-electron chi connectivity index (χ1n) is 4.21. The highest BCUT2D eigenvalue weighted by Gasteiger charge is 2.10. The first-order chi connectivity index (χ1) is 6.94. The molecule has 0 aliphatic carbocycles. The molecule has 0 saturated heterocycles. The molecule has 15 heavy (non-hydrogen) atoms. The number of rotatable bonds is 4. The summed E-state index contributed by atoms with van der Waals surface area (Å²) in [5.74, 6) is 0. The van der Waals surface area contributed by atoms with E-state index in [-0.39, 0.29) is 0 Å². The van der Waals surface area contributed by atoms with Crippen molar-refractivity contribution in [2.75, 3.05) is 4.72 Å². The van der Waals surface area contributed by atoms with Crippen molar-refractivity contribution in [3.05, 3.63) is 42.5 Å². The largest absolute Gasteiger partial charge is 0.321 e. The lowest BCUT2D eigenvalue weighted by molar-refractivity contribution is 0.603. The topological polar surface area (TPSA) is 98.2 Å². The van der Waals surface area contributed by atoms with Crippen molar-refractivity contribution in [3.8, 4) is 0 Å². The minimum Gasteiger partial charge on any atom is -0.321 e. The maximum Gasteiger partial charge on any atom is 0.296 e. The highest BCUT2D eigenvalue weighted by atomic mass is 32.2. The van der Waals surface area contributed by atoms with Crippen molar-refractivity contribution >= 4 is 15.9 Å². The molecule has 0 fully saturated rings. The van der Waals surface area contributed by atoms with E-state index in [0.717, 1.165) is 0 Å². The second kappa shape index (κ2) is 4.43. The maximum absolute atomic E-state index is 10.9. The first-order valence-corrected chi connectivity index (χ1v) is 5.76. The molecule has 5 N–H and O–H groups in total. The van der Waals surface area contributed by atoms with Crippen LogP contribution in [0.4, 0.5) is 5.69 Å². The lowest BCUT2D eigenvalue weighted by atomic mass is 10.1.